The molecular formula is C9H10N4OS. The average Bonchev–Trinajstić information content (AvgIpc) is 2.59. The smallest absolute Gasteiger partial charge is 0.253 e. The van der Waals surface area contributed by atoms with Gasteiger partial charge < -0.3 is 0 Å². The number of amidine groups is 1. The van der Waals surface area contributed by atoms with Gasteiger partial charge >= 0.3 is 0 Å². The Kier molecular flexibility index (Phi) is 2.89. The molecule has 1 aromatic rings. The highest BCUT2D eigenvalue weighted by Crippen LogP contribution is 2.16. The van der Waals surface area contributed by atoms with Crippen molar-refractivity contribution < 1.29 is 4.79 Å². The normalized spacial score (nSPS) is 18.6. The number of hydrogen-bond acceptors (Lipinski definition) is 5. The first-order valence-electron chi connectivity index (χ1n) is 4.36. The topological polar surface area (TPSA) is 70.7 Å². The van der Waals surface area contributed by atoms with Crippen LogP contribution in [0, 0.1) is 0 Å². The molecule has 2 rings (SSSR count). The van der Waals surface area contributed by atoms with E-state index in [-0.39, 0.29) is 5.91 Å². The quantitative estimate of drug-likeness (QED) is 0.441. The lowest BCUT2D eigenvalue weighted by molar-refractivity contribution is -0.124. The van der Waals surface area contributed by atoms with E-state index in [4.69, 9.17) is 5.84 Å². The number of nitrogens with two attached hydrogens (primary N) is 1. The molecule has 0 saturated carbocycles. The van der Waals surface area contributed by atoms with Gasteiger partial charge in [-0.2, -0.15) is 0 Å². The van der Waals surface area contributed by atoms with Crippen LogP contribution in [0.2, 0.25) is 0 Å². The molecule has 0 atom stereocenters. The van der Waals surface area contributed by atoms with Crippen LogP contribution in [0.4, 0.5) is 5.69 Å². The van der Waals surface area contributed by atoms with Gasteiger partial charge in [0.05, 0.1) is 11.4 Å². The molecule has 3 N–H and O–H groups in total. The van der Waals surface area contributed by atoms with Crippen molar-refractivity contribution >= 4 is 28.5 Å². The minimum Gasteiger partial charge on any atom is -0.276 e. The maximum Gasteiger partial charge on any atom is 0.253 e. The largest absolute Gasteiger partial charge is 0.276 e. The summed E-state index contributed by atoms with van der Waals surface area (Å²) in [5, 5.41) is 5.58. The zero-order valence-corrected chi connectivity index (χ0v) is 8.70. The Morgan fingerprint density at radius 1 is 1.40 bits per heavy atom. The number of carbonyl (C=O) groups is 1. The van der Waals surface area contributed by atoms with E-state index in [0.29, 0.717) is 10.9 Å². The summed E-state index contributed by atoms with van der Waals surface area (Å²) in [6, 6.07) is 9.48. The van der Waals surface area contributed by atoms with E-state index in [1.807, 2.05) is 30.3 Å². The van der Waals surface area contributed by atoms with E-state index < -0.39 is 0 Å². The van der Waals surface area contributed by atoms with Crippen LogP contribution >= 0.6 is 11.8 Å². The van der Waals surface area contributed by atoms with Crippen molar-refractivity contribution in [1.29, 1.82) is 0 Å². The fraction of sp³-hybridized carbons (Fsp3) is 0.111. The van der Waals surface area contributed by atoms with Gasteiger partial charge in [-0.15, -0.1) is 5.10 Å². The monoisotopic (exact) mass is 222 g/mol. The van der Waals surface area contributed by atoms with Crippen LogP contribution in [-0.4, -0.2) is 21.8 Å². The second kappa shape index (κ2) is 4.33. The molecule has 0 unspecified atom stereocenters. The SMILES string of the molecule is NN1C(=O)CSC1=NNc1ccccc1. The number of hydrazine groups is 1. The first-order valence-corrected chi connectivity index (χ1v) is 5.35. The van der Waals surface area contributed by atoms with E-state index in [9.17, 15) is 4.79 Å². The summed E-state index contributed by atoms with van der Waals surface area (Å²) in [7, 11) is 0. The van der Waals surface area contributed by atoms with Crippen molar-refractivity contribution in [3.8, 4) is 0 Å². The summed E-state index contributed by atoms with van der Waals surface area (Å²) in [4.78, 5) is 11.1. The van der Waals surface area contributed by atoms with Gasteiger partial charge in [-0.25, -0.2) is 10.9 Å². The number of amides is 1. The molecule has 5 nitrogen and oxygen atoms in total. The third-order valence-corrected chi connectivity index (χ3v) is 2.79. The summed E-state index contributed by atoms with van der Waals surface area (Å²) >= 11 is 1.32. The number of carbonyl (C=O) groups excluding carboxylic acids is 1. The fourth-order valence-electron chi connectivity index (χ4n) is 1.08. The van der Waals surface area contributed by atoms with Crippen LogP contribution in [0.1, 0.15) is 0 Å². The Balaban J connectivity index is 2.04. The highest BCUT2D eigenvalue weighted by atomic mass is 32.2. The van der Waals surface area contributed by atoms with Crippen molar-refractivity contribution in [2.24, 2.45) is 10.9 Å². The first kappa shape index (κ1) is 10.0. The molecule has 0 bridgehead atoms. The van der Waals surface area contributed by atoms with Crippen LogP contribution in [0.25, 0.3) is 0 Å². The lowest BCUT2D eigenvalue weighted by atomic mass is 10.3. The number of thioether (sulfide) groups is 1. The maximum atomic E-state index is 11.1. The molecule has 15 heavy (non-hydrogen) atoms. The number of para-hydroxylation sites is 1. The number of benzene rings is 1. The molecular weight excluding hydrogens is 212 g/mol. The Morgan fingerprint density at radius 2 is 2.13 bits per heavy atom. The van der Waals surface area contributed by atoms with Gasteiger partial charge in [0, 0.05) is 0 Å². The van der Waals surface area contributed by atoms with Crippen molar-refractivity contribution in [3.63, 3.8) is 0 Å². The van der Waals surface area contributed by atoms with Gasteiger partial charge in [0.25, 0.3) is 5.91 Å². The Bertz CT molecular complexity index is 392. The standard InChI is InChI=1S/C9H10N4OS/c10-13-8(14)6-15-9(13)12-11-7-4-2-1-3-5-7/h1-5,11H,6,10H2. The molecule has 0 radical (unpaired) electrons. The number of hydrogen-bond donors (Lipinski definition) is 2. The average molecular weight is 222 g/mol. The third kappa shape index (κ3) is 2.28. The molecule has 1 saturated heterocycles. The highest BCUT2D eigenvalue weighted by Gasteiger charge is 2.25. The van der Waals surface area contributed by atoms with Crippen LogP contribution in [0.5, 0.6) is 0 Å². The molecule has 1 aliphatic heterocycles. The predicted octanol–water partition coefficient (Wildman–Crippen LogP) is 0.819. The first-order chi connectivity index (χ1) is 7.27. The summed E-state index contributed by atoms with van der Waals surface area (Å²) in [5.74, 6) is 5.70. The van der Waals surface area contributed by atoms with Gasteiger partial charge in [0.15, 0.2) is 0 Å². The van der Waals surface area contributed by atoms with Crippen molar-refractivity contribution in [2.45, 2.75) is 0 Å². The minimum atomic E-state index is -0.131. The van der Waals surface area contributed by atoms with Gasteiger partial charge in [-0.3, -0.25) is 10.2 Å². The molecule has 0 aromatic heterocycles. The molecule has 6 heteroatoms. The molecule has 1 amide bonds. The fourth-order valence-corrected chi connectivity index (χ4v) is 1.83. The summed E-state index contributed by atoms with van der Waals surface area (Å²) in [6.07, 6.45) is 0. The van der Waals surface area contributed by atoms with E-state index in [1.165, 1.54) is 11.8 Å². The summed E-state index contributed by atoms with van der Waals surface area (Å²) in [5.41, 5.74) is 3.69. The predicted molar refractivity (Wildman–Crippen MR) is 61.0 cm³/mol. The third-order valence-electron chi connectivity index (χ3n) is 1.85. The maximum absolute atomic E-state index is 11.1. The zero-order valence-electron chi connectivity index (χ0n) is 7.88. The molecule has 0 aliphatic carbocycles. The van der Waals surface area contributed by atoms with Crippen LogP contribution in [0.15, 0.2) is 35.4 Å². The number of nitrogens with one attached hydrogen (secondary N) is 1. The van der Waals surface area contributed by atoms with Crippen molar-refractivity contribution in [3.05, 3.63) is 30.3 Å². The molecule has 1 aliphatic rings. The Morgan fingerprint density at radius 3 is 2.73 bits per heavy atom. The van der Waals surface area contributed by atoms with Crippen LogP contribution < -0.4 is 11.3 Å². The van der Waals surface area contributed by atoms with E-state index >= 15 is 0 Å². The Labute approximate surface area is 91.3 Å². The van der Waals surface area contributed by atoms with Crippen LogP contribution in [-0.2, 0) is 4.79 Å². The zero-order chi connectivity index (χ0) is 10.7. The number of rotatable bonds is 2. The number of anilines is 1. The van der Waals surface area contributed by atoms with E-state index in [1.54, 1.807) is 0 Å². The number of nitrogens with zero attached hydrogens (tertiary/aromatic N) is 2. The van der Waals surface area contributed by atoms with Crippen LogP contribution in [0.3, 0.4) is 0 Å². The molecule has 0 spiro atoms. The second-order valence-corrected chi connectivity index (χ2v) is 3.87. The van der Waals surface area contributed by atoms with E-state index in [2.05, 4.69) is 10.5 Å². The van der Waals surface area contributed by atoms with Gasteiger partial charge in [0.2, 0.25) is 5.17 Å². The minimum absolute atomic E-state index is 0.131. The summed E-state index contributed by atoms with van der Waals surface area (Å²) in [6.45, 7) is 0. The highest BCUT2D eigenvalue weighted by molar-refractivity contribution is 8.15. The molecule has 1 heterocycles. The molecule has 1 aromatic carbocycles. The Hall–Kier alpha value is -1.53. The van der Waals surface area contributed by atoms with Gasteiger partial charge in [-0.05, 0) is 12.1 Å². The summed E-state index contributed by atoms with van der Waals surface area (Å²) < 4.78 is 0. The van der Waals surface area contributed by atoms with Crippen molar-refractivity contribution in [1.82, 2.24) is 5.01 Å². The molecule has 1 fully saturated rings. The van der Waals surface area contributed by atoms with Crippen molar-refractivity contribution in [2.75, 3.05) is 11.2 Å². The van der Waals surface area contributed by atoms with Gasteiger partial charge in [-0.1, -0.05) is 30.0 Å². The second-order valence-electron chi connectivity index (χ2n) is 2.92. The van der Waals surface area contributed by atoms with Gasteiger partial charge in [0.1, 0.15) is 0 Å². The number of hydrazone groups is 1. The molecule has 78 valence electrons. The lowest BCUT2D eigenvalue weighted by Gasteiger charge is -2.07. The lowest BCUT2D eigenvalue weighted by Crippen LogP contribution is -2.36. The van der Waals surface area contributed by atoms with E-state index in [0.717, 1.165) is 10.7 Å².